The van der Waals surface area contributed by atoms with Crippen LogP contribution >= 0.6 is 0 Å². The van der Waals surface area contributed by atoms with Crippen molar-refractivity contribution in [3.05, 3.63) is 0 Å². The molecule has 0 aliphatic carbocycles. The van der Waals surface area contributed by atoms with E-state index in [1.165, 1.54) is 0 Å². The second-order valence-electron chi connectivity index (χ2n) is 3.07. The topological polar surface area (TPSA) is 30.5 Å². The molecule has 82 valence electrons. The van der Waals surface area contributed by atoms with Crippen LogP contribution in [0.25, 0.3) is 0 Å². The third-order valence-corrected chi connectivity index (χ3v) is 1.85. The second-order valence-corrected chi connectivity index (χ2v) is 3.07. The van der Waals surface area contributed by atoms with Gasteiger partial charge in [0.2, 0.25) is 0 Å². The van der Waals surface area contributed by atoms with E-state index < -0.39 is 0 Å². The molecule has 3 nitrogen and oxygen atoms in total. The van der Waals surface area contributed by atoms with Crippen LogP contribution in [-0.4, -0.2) is 39.5 Å². The summed E-state index contributed by atoms with van der Waals surface area (Å²) in [5, 5.41) is 3.25. The molecule has 0 spiro atoms. The minimum absolute atomic E-state index is 0.186. The number of nitrogens with one attached hydrogen (secondary N) is 1. The zero-order valence-electron chi connectivity index (χ0n) is 9.21. The highest BCUT2D eigenvalue weighted by molar-refractivity contribution is 4.98. The molecule has 0 fully saturated rings. The van der Waals surface area contributed by atoms with E-state index in [1.807, 2.05) is 0 Å². The Hall–Kier alpha value is -0.560. The number of rotatable bonds is 9. The van der Waals surface area contributed by atoms with Gasteiger partial charge in [-0.15, -0.1) is 6.42 Å². The third kappa shape index (κ3) is 8.06. The van der Waals surface area contributed by atoms with E-state index in [9.17, 15) is 0 Å². The minimum atomic E-state index is 0.186. The van der Waals surface area contributed by atoms with Crippen molar-refractivity contribution in [3.63, 3.8) is 0 Å². The van der Waals surface area contributed by atoms with E-state index in [2.05, 4.69) is 18.2 Å². The first-order valence-corrected chi connectivity index (χ1v) is 5.11. The Morgan fingerprint density at radius 2 is 2.14 bits per heavy atom. The van der Waals surface area contributed by atoms with Crippen molar-refractivity contribution in [2.75, 3.05) is 33.5 Å². The fraction of sp³-hybridized carbons (Fsp3) is 0.818. The Bertz CT molecular complexity index is 154. The van der Waals surface area contributed by atoms with Crippen LogP contribution in [0, 0.1) is 12.3 Å². The van der Waals surface area contributed by atoms with Gasteiger partial charge in [0.05, 0.1) is 25.9 Å². The summed E-state index contributed by atoms with van der Waals surface area (Å²) in [6, 6.07) is 0.186. The molecule has 0 heterocycles. The first-order chi connectivity index (χ1) is 6.85. The van der Waals surface area contributed by atoms with Crippen LogP contribution in [0.3, 0.4) is 0 Å². The van der Waals surface area contributed by atoms with Crippen LogP contribution in [0.5, 0.6) is 0 Å². The van der Waals surface area contributed by atoms with Gasteiger partial charge >= 0.3 is 0 Å². The second kappa shape index (κ2) is 10.5. The maximum atomic E-state index is 5.35. The summed E-state index contributed by atoms with van der Waals surface area (Å²) in [7, 11) is 1.66. The summed E-state index contributed by atoms with van der Waals surface area (Å²) in [5.41, 5.74) is 0. The lowest BCUT2D eigenvalue weighted by Crippen LogP contribution is -2.30. The molecule has 0 radical (unpaired) electrons. The average Bonchev–Trinajstić information content (AvgIpc) is 2.21. The van der Waals surface area contributed by atoms with E-state index in [0.29, 0.717) is 19.8 Å². The molecule has 0 aliphatic heterocycles. The van der Waals surface area contributed by atoms with E-state index in [0.717, 1.165) is 19.4 Å². The molecule has 0 aromatic carbocycles. The van der Waals surface area contributed by atoms with Gasteiger partial charge in [-0.25, -0.2) is 0 Å². The van der Waals surface area contributed by atoms with Crippen LogP contribution in [-0.2, 0) is 9.47 Å². The van der Waals surface area contributed by atoms with Crippen LogP contribution in [0.1, 0.15) is 19.8 Å². The highest BCUT2D eigenvalue weighted by Crippen LogP contribution is 1.93. The Morgan fingerprint density at radius 1 is 1.36 bits per heavy atom. The first kappa shape index (κ1) is 13.4. The molecule has 1 N–H and O–H groups in total. The molecule has 0 aromatic rings. The van der Waals surface area contributed by atoms with Gasteiger partial charge < -0.3 is 14.8 Å². The monoisotopic (exact) mass is 199 g/mol. The highest BCUT2D eigenvalue weighted by atomic mass is 16.5. The summed E-state index contributed by atoms with van der Waals surface area (Å²) in [4.78, 5) is 0. The molecular weight excluding hydrogens is 178 g/mol. The van der Waals surface area contributed by atoms with Crippen molar-refractivity contribution >= 4 is 0 Å². The molecule has 3 heteroatoms. The maximum absolute atomic E-state index is 5.35. The minimum Gasteiger partial charge on any atom is -0.382 e. The fourth-order valence-corrected chi connectivity index (χ4v) is 1.08. The van der Waals surface area contributed by atoms with Gasteiger partial charge in [-0.3, -0.25) is 0 Å². The van der Waals surface area contributed by atoms with Gasteiger partial charge in [0.15, 0.2) is 0 Å². The van der Waals surface area contributed by atoms with Crippen molar-refractivity contribution in [3.8, 4) is 12.3 Å². The van der Waals surface area contributed by atoms with E-state index in [4.69, 9.17) is 15.9 Å². The molecule has 0 bridgehead atoms. The van der Waals surface area contributed by atoms with Gasteiger partial charge in [-0.1, -0.05) is 19.3 Å². The van der Waals surface area contributed by atoms with Gasteiger partial charge in [0.1, 0.15) is 0 Å². The molecular formula is C11H21NO2. The largest absolute Gasteiger partial charge is 0.382 e. The van der Waals surface area contributed by atoms with Crippen molar-refractivity contribution in [2.24, 2.45) is 0 Å². The third-order valence-electron chi connectivity index (χ3n) is 1.85. The van der Waals surface area contributed by atoms with Crippen molar-refractivity contribution in [2.45, 2.75) is 25.8 Å². The van der Waals surface area contributed by atoms with Crippen LogP contribution < -0.4 is 5.32 Å². The standard InChI is InChI=1S/C11H21NO2/c1-4-6-11(5-2)12-7-8-14-10-9-13-3/h2,11-12H,4,6-10H2,1,3H3. The quantitative estimate of drug-likeness (QED) is 0.444. The SMILES string of the molecule is C#CC(CCC)NCCOCCOC. The molecule has 0 amide bonds. The molecule has 1 atom stereocenters. The number of hydrogen-bond donors (Lipinski definition) is 1. The maximum Gasteiger partial charge on any atom is 0.0700 e. The van der Waals surface area contributed by atoms with Crippen molar-refractivity contribution in [1.29, 1.82) is 0 Å². The Kier molecular flexibility index (Phi) is 10.1. The Labute approximate surface area is 87.2 Å². The number of hydrogen-bond acceptors (Lipinski definition) is 3. The summed E-state index contributed by atoms with van der Waals surface area (Å²) in [6.45, 7) is 4.91. The fourth-order valence-electron chi connectivity index (χ4n) is 1.08. The molecule has 0 saturated carbocycles. The molecule has 0 saturated heterocycles. The van der Waals surface area contributed by atoms with E-state index in [1.54, 1.807) is 7.11 Å². The lowest BCUT2D eigenvalue weighted by Gasteiger charge is -2.11. The molecule has 0 aliphatic rings. The average molecular weight is 199 g/mol. The highest BCUT2D eigenvalue weighted by Gasteiger charge is 2.00. The van der Waals surface area contributed by atoms with Gasteiger partial charge in [-0.2, -0.15) is 0 Å². The number of ether oxygens (including phenoxy) is 2. The van der Waals surface area contributed by atoms with Crippen molar-refractivity contribution in [1.82, 2.24) is 5.32 Å². The summed E-state index contributed by atoms with van der Waals surface area (Å²) in [5.74, 6) is 2.71. The van der Waals surface area contributed by atoms with E-state index in [-0.39, 0.29) is 6.04 Å². The molecule has 14 heavy (non-hydrogen) atoms. The number of terminal acetylenes is 1. The smallest absolute Gasteiger partial charge is 0.0700 e. The van der Waals surface area contributed by atoms with Crippen LogP contribution in [0.15, 0.2) is 0 Å². The van der Waals surface area contributed by atoms with Crippen LogP contribution in [0.4, 0.5) is 0 Å². The molecule has 0 rings (SSSR count). The Balaban J connectivity index is 3.21. The van der Waals surface area contributed by atoms with Gasteiger partial charge in [0, 0.05) is 13.7 Å². The first-order valence-electron chi connectivity index (χ1n) is 5.11. The number of methoxy groups -OCH3 is 1. The normalized spacial score (nSPS) is 12.4. The zero-order valence-corrected chi connectivity index (χ0v) is 9.21. The van der Waals surface area contributed by atoms with Gasteiger partial charge in [0.25, 0.3) is 0 Å². The summed E-state index contributed by atoms with van der Waals surface area (Å²) >= 11 is 0. The summed E-state index contributed by atoms with van der Waals surface area (Å²) in [6.07, 6.45) is 7.47. The predicted molar refractivity (Wildman–Crippen MR) is 58.2 cm³/mol. The molecule has 1 unspecified atom stereocenters. The van der Waals surface area contributed by atoms with Crippen LogP contribution in [0.2, 0.25) is 0 Å². The van der Waals surface area contributed by atoms with Gasteiger partial charge in [-0.05, 0) is 6.42 Å². The zero-order chi connectivity index (χ0) is 10.6. The lowest BCUT2D eigenvalue weighted by atomic mass is 10.2. The molecule has 0 aromatic heterocycles. The van der Waals surface area contributed by atoms with Crippen molar-refractivity contribution < 1.29 is 9.47 Å². The summed E-state index contributed by atoms with van der Waals surface area (Å²) < 4.78 is 10.1. The Morgan fingerprint density at radius 3 is 2.71 bits per heavy atom. The predicted octanol–water partition coefficient (Wildman–Crippen LogP) is 1.04. The van der Waals surface area contributed by atoms with E-state index >= 15 is 0 Å². The lowest BCUT2D eigenvalue weighted by molar-refractivity contribution is 0.0715.